The van der Waals surface area contributed by atoms with E-state index >= 15 is 0 Å². The third-order valence-electron chi connectivity index (χ3n) is 4.99. The number of methoxy groups -OCH3 is 1. The van der Waals surface area contributed by atoms with Gasteiger partial charge in [-0.1, -0.05) is 18.2 Å². The van der Waals surface area contributed by atoms with Gasteiger partial charge in [-0.25, -0.2) is 0 Å². The Kier molecular flexibility index (Phi) is 5.36. The molecular weight excluding hydrogens is 356 g/mol. The van der Waals surface area contributed by atoms with Gasteiger partial charge in [-0.3, -0.25) is 4.79 Å². The summed E-state index contributed by atoms with van der Waals surface area (Å²) in [6, 6.07) is 11.6. The molecule has 4 rings (SSSR count). The Morgan fingerprint density at radius 3 is 2.79 bits per heavy atom. The number of rotatable bonds is 7. The number of hydrogen-bond donors (Lipinski definition) is 1. The van der Waals surface area contributed by atoms with Crippen molar-refractivity contribution in [2.75, 3.05) is 25.1 Å². The molecule has 1 fully saturated rings. The van der Waals surface area contributed by atoms with Crippen LogP contribution in [0.2, 0.25) is 0 Å². The van der Waals surface area contributed by atoms with Crippen molar-refractivity contribution < 1.29 is 9.53 Å². The Balaban J connectivity index is 1.38. The van der Waals surface area contributed by atoms with Crippen LogP contribution in [-0.2, 0) is 17.8 Å². The fourth-order valence-electron chi connectivity index (χ4n) is 3.45. The number of carbonyl (C=O) groups excluding carboxylic acids is 1. The Morgan fingerprint density at radius 2 is 1.96 bits per heavy atom. The Labute approximate surface area is 163 Å². The first kappa shape index (κ1) is 18.2. The minimum Gasteiger partial charge on any atom is -0.496 e. The van der Waals surface area contributed by atoms with Crippen molar-refractivity contribution in [1.29, 1.82) is 0 Å². The van der Waals surface area contributed by atoms with E-state index in [1.807, 2.05) is 36.4 Å². The first-order valence-corrected chi connectivity index (χ1v) is 9.59. The van der Waals surface area contributed by atoms with E-state index in [1.54, 1.807) is 11.6 Å². The molecule has 146 valence electrons. The van der Waals surface area contributed by atoms with E-state index in [9.17, 15) is 4.79 Å². The van der Waals surface area contributed by atoms with Crippen LogP contribution in [0.1, 0.15) is 30.7 Å². The summed E-state index contributed by atoms with van der Waals surface area (Å²) in [5.41, 5.74) is 1.65. The molecule has 2 aromatic heterocycles. The zero-order valence-corrected chi connectivity index (χ0v) is 16.0. The third-order valence-corrected chi connectivity index (χ3v) is 4.99. The highest BCUT2D eigenvalue weighted by Crippen LogP contribution is 2.19. The Hall–Kier alpha value is -3.16. The van der Waals surface area contributed by atoms with Gasteiger partial charge in [0.15, 0.2) is 11.5 Å². The number of benzene rings is 1. The Morgan fingerprint density at radius 1 is 1.14 bits per heavy atom. The van der Waals surface area contributed by atoms with Crippen LogP contribution in [0.4, 0.5) is 5.82 Å². The van der Waals surface area contributed by atoms with Crippen molar-refractivity contribution in [3.05, 3.63) is 47.8 Å². The fourth-order valence-corrected chi connectivity index (χ4v) is 3.45. The number of ether oxygens (including phenoxy) is 1. The van der Waals surface area contributed by atoms with Gasteiger partial charge in [-0.05, 0) is 31.0 Å². The minimum absolute atomic E-state index is 0.0432. The molecule has 1 aliphatic rings. The molecule has 1 amide bonds. The van der Waals surface area contributed by atoms with E-state index in [4.69, 9.17) is 4.74 Å². The highest BCUT2D eigenvalue weighted by molar-refractivity contribution is 5.76. The van der Waals surface area contributed by atoms with Crippen LogP contribution in [0.3, 0.4) is 0 Å². The first-order valence-electron chi connectivity index (χ1n) is 9.59. The van der Waals surface area contributed by atoms with Gasteiger partial charge in [0.05, 0.1) is 7.11 Å². The van der Waals surface area contributed by atoms with Crippen molar-refractivity contribution in [2.24, 2.45) is 0 Å². The number of aryl methyl sites for hydroxylation is 1. The van der Waals surface area contributed by atoms with Gasteiger partial charge in [0.2, 0.25) is 5.91 Å². The van der Waals surface area contributed by atoms with Crippen molar-refractivity contribution in [2.45, 2.75) is 32.2 Å². The second-order valence-corrected chi connectivity index (χ2v) is 6.86. The van der Waals surface area contributed by atoms with Crippen LogP contribution in [0.5, 0.6) is 5.75 Å². The van der Waals surface area contributed by atoms with E-state index in [-0.39, 0.29) is 5.91 Å². The predicted octanol–water partition coefficient (Wildman–Crippen LogP) is 1.98. The SMILES string of the molecule is COc1ccccc1CNC(=O)CCc1nnc2ccc(N3CCCC3)nn12. The monoisotopic (exact) mass is 380 g/mol. The number of carbonyl (C=O) groups is 1. The lowest BCUT2D eigenvalue weighted by Gasteiger charge is -2.15. The van der Waals surface area contributed by atoms with Gasteiger partial charge in [-0.15, -0.1) is 15.3 Å². The molecule has 1 N–H and O–H groups in total. The summed E-state index contributed by atoms with van der Waals surface area (Å²) in [6.07, 6.45) is 3.20. The molecule has 1 saturated heterocycles. The number of aromatic nitrogens is 4. The quantitative estimate of drug-likeness (QED) is 0.675. The number of hydrogen-bond acceptors (Lipinski definition) is 6. The summed E-state index contributed by atoms with van der Waals surface area (Å²) in [5, 5.41) is 16.0. The number of amides is 1. The molecule has 1 aromatic carbocycles. The summed E-state index contributed by atoms with van der Waals surface area (Å²) in [5.74, 6) is 2.36. The molecule has 8 heteroatoms. The maximum Gasteiger partial charge on any atom is 0.220 e. The number of fused-ring (bicyclic) bond motifs is 1. The highest BCUT2D eigenvalue weighted by atomic mass is 16.5. The van der Waals surface area contributed by atoms with E-state index in [1.165, 1.54) is 12.8 Å². The smallest absolute Gasteiger partial charge is 0.220 e. The molecule has 0 bridgehead atoms. The maximum atomic E-state index is 12.3. The first-order chi connectivity index (χ1) is 13.7. The topological polar surface area (TPSA) is 84.6 Å². The van der Waals surface area contributed by atoms with Crippen molar-refractivity contribution >= 4 is 17.4 Å². The van der Waals surface area contributed by atoms with Gasteiger partial charge in [0.25, 0.3) is 0 Å². The van der Waals surface area contributed by atoms with Gasteiger partial charge >= 0.3 is 0 Å². The number of para-hydroxylation sites is 1. The molecule has 28 heavy (non-hydrogen) atoms. The van der Waals surface area contributed by atoms with Crippen LogP contribution in [-0.4, -0.2) is 45.9 Å². The zero-order chi connectivity index (χ0) is 19.3. The lowest BCUT2D eigenvalue weighted by Crippen LogP contribution is -2.24. The van der Waals surface area contributed by atoms with Crippen LogP contribution >= 0.6 is 0 Å². The summed E-state index contributed by atoms with van der Waals surface area (Å²) < 4.78 is 7.06. The van der Waals surface area contributed by atoms with Crippen LogP contribution in [0, 0.1) is 0 Å². The van der Waals surface area contributed by atoms with Crippen molar-refractivity contribution in [3.8, 4) is 5.75 Å². The van der Waals surface area contributed by atoms with Crippen LogP contribution in [0.25, 0.3) is 5.65 Å². The highest BCUT2D eigenvalue weighted by Gasteiger charge is 2.16. The molecule has 0 spiro atoms. The predicted molar refractivity (Wildman–Crippen MR) is 105 cm³/mol. The number of nitrogens with zero attached hydrogens (tertiary/aromatic N) is 5. The summed E-state index contributed by atoms with van der Waals surface area (Å²) >= 11 is 0. The van der Waals surface area contributed by atoms with E-state index in [0.717, 1.165) is 30.2 Å². The number of anilines is 1. The average molecular weight is 380 g/mol. The molecule has 8 nitrogen and oxygen atoms in total. The second kappa shape index (κ2) is 8.24. The summed E-state index contributed by atoms with van der Waals surface area (Å²) in [4.78, 5) is 14.6. The molecule has 1 aliphatic heterocycles. The fraction of sp³-hybridized carbons (Fsp3) is 0.400. The standard InChI is InChI=1S/C20H24N6O2/c1-28-16-7-3-2-6-15(16)14-21-20(27)11-10-18-23-22-17-8-9-19(24-26(17)18)25-12-4-5-13-25/h2-3,6-9H,4-5,10-14H2,1H3,(H,21,27). The molecule has 0 aliphatic carbocycles. The van der Waals surface area contributed by atoms with Crippen LogP contribution < -0.4 is 15.0 Å². The van der Waals surface area contributed by atoms with E-state index < -0.39 is 0 Å². The zero-order valence-electron chi connectivity index (χ0n) is 16.0. The molecule has 0 saturated carbocycles. The third kappa shape index (κ3) is 3.90. The summed E-state index contributed by atoms with van der Waals surface area (Å²) in [7, 11) is 1.63. The largest absolute Gasteiger partial charge is 0.496 e. The maximum absolute atomic E-state index is 12.3. The lowest BCUT2D eigenvalue weighted by molar-refractivity contribution is -0.121. The number of nitrogens with one attached hydrogen (secondary N) is 1. The molecular formula is C20H24N6O2. The molecule has 0 unspecified atom stereocenters. The molecule has 0 radical (unpaired) electrons. The normalized spacial score (nSPS) is 13.8. The molecule has 0 atom stereocenters. The average Bonchev–Trinajstić information content (AvgIpc) is 3.40. The Bertz CT molecular complexity index is 964. The van der Waals surface area contributed by atoms with Crippen molar-refractivity contribution in [3.63, 3.8) is 0 Å². The second-order valence-electron chi connectivity index (χ2n) is 6.86. The minimum atomic E-state index is -0.0432. The lowest BCUT2D eigenvalue weighted by atomic mass is 10.2. The van der Waals surface area contributed by atoms with Crippen molar-refractivity contribution in [1.82, 2.24) is 25.1 Å². The van der Waals surface area contributed by atoms with Gasteiger partial charge in [0, 0.05) is 38.0 Å². The van der Waals surface area contributed by atoms with E-state index in [0.29, 0.717) is 30.9 Å². The molecule has 3 heterocycles. The van der Waals surface area contributed by atoms with E-state index in [2.05, 4.69) is 25.5 Å². The molecule has 3 aromatic rings. The summed E-state index contributed by atoms with van der Waals surface area (Å²) in [6.45, 7) is 2.49. The van der Waals surface area contributed by atoms with Gasteiger partial charge < -0.3 is 15.0 Å². The van der Waals surface area contributed by atoms with Gasteiger partial charge in [-0.2, -0.15) is 4.52 Å². The van der Waals surface area contributed by atoms with Gasteiger partial charge in [0.1, 0.15) is 11.6 Å². The van der Waals surface area contributed by atoms with Crippen LogP contribution in [0.15, 0.2) is 36.4 Å².